The lowest BCUT2D eigenvalue weighted by Crippen LogP contribution is -2.41. The molecule has 1 aliphatic rings. The predicted octanol–water partition coefficient (Wildman–Crippen LogP) is 2.84. The Morgan fingerprint density at radius 3 is 2.50 bits per heavy atom. The molecule has 0 radical (unpaired) electrons. The second kappa shape index (κ2) is 5.90. The molecule has 0 amide bonds. The number of aromatic amines is 1. The fraction of sp³-hybridized carbons (Fsp3) is 0.529. The average molecular weight is 330 g/mol. The molecule has 1 saturated heterocycles. The fourth-order valence-electron chi connectivity index (χ4n) is 2.91. The van der Waals surface area contributed by atoms with Crippen molar-refractivity contribution in [3.05, 3.63) is 30.0 Å². The summed E-state index contributed by atoms with van der Waals surface area (Å²) in [4.78, 5) is 12.0. The Balaban J connectivity index is 2.00. The van der Waals surface area contributed by atoms with Gasteiger partial charge in [0.15, 0.2) is 0 Å². The number of H-pyrrole nitrogens is 1. The van der Waals surface area contributed by atoms with E-state index in [0.717, 1.165) is 16.6 Å². The molecule has 2 aromatic rings. The third-order valence-electron chi connectivity index (χ3n) is 5.08. The number of methoxy groups -OCH3 is 1. The molecule has 2 heterocycles. The lowest BCUT2D eigenvalue weighted by Gasteiger charge is -2.32. The fourth-order valence-corrected chi connectivity index (χ4v) is 2.91. The zero-order chi connectivity index (χ0) is 17.5. The number of ether oxygens (including phenoxy) is 1. The molecule has 1 aromatic heterocycles. The molecule has 1 N–H and O–H groups in total. The molecule has 1 aliphatic heterocycles. The van der Waals surface area contributed by atoms with Crippen LogP contribution in [0.5, 0.6) is 0 Å². The maximum absolute atomic E-state index is 12.0. The van der Waals surface area contributed by atoms with Crippen LogP contribution < -0.4 is 0 Å². The van der Waals surface area contributed by atoms with Crippen LogP contribution in [-0.4, -0.2) is 41.6 Å². The van der Waals surface area contributed by atoms with Gasteiger partial charge in [0.05, 0.1) is 30.2 Å². The van der Waals surface area contributed by atoms with E-state index in [0.29, 0.717) is 0 Å². The van der Waals surface area contributed by atoms with Gasteiger partial charge in [-0.15, -0.1) is 0 Å². The first-order chi connectivity index (χ1) is 11.2. The van der Waals surface area contributed by atoms with Gasteiger partial charge in [-0.05, 0) is 33.8 Å². The van der Waals surface area contributed by atoms with Gasteiger partial charge in [0.2, 0.25) is 0 Å². The first-order valence-corrected chi connectivity index (χ1v) is 8.10. The van der Waals surface area contributed by atoms with Gasteiger partial charge in [-0.25, -0.2) is 0 Å². The molecule has 1 aromatic carbocycles. The number of aromatic nitrogens is 2. The maximum atomic E-state index is 12.0. The smallest absolute Gasteiger partial charge is 0.468 e. The van der Waals surface area contributed by atoms with Crippen LogP contribution in [0.4, 0.5) is 0 Å². The number of hydrogen-bond acceptors (Lipinski definition) is 5. The average Bonchev–Trinajstić information content (AvgIpc) is 3.03. The first-order valence-electron chi connectivity index (χ1n) is 8.10. The van der Waals surface area contributed by atoms with Crippen LogP contribution in [0, 0.1) is 0 Å². The number of carbonyl (C=O) groups is 1. The van der Waals surface area contributed by atoms with Gasteiger partial charge >= 0.3 is 13.1 Å². The van der Waals surface area contributed by atoms with Crippen molar-refractivity contribution in [1.82, 2.24) is 10.2 Å². The number of nitrogens with one attached hydrogen (secondary N) is 1. The van der Waals surface area contributed by atoms with Gasteiger partial charge in [0, 0.05) is 16.9 Å². The van der Waals surface area contributed by atoms with Gasteiger partial charge < -0.3 is 14.0 Å². The summed E-state index contributed by atoms with van der Waals surface area (Å²) in [6, 6.07) is 7.77. The van der Waals surface area contributed by atoms with Crippen LogP contribution in [0.3, 0.4) is 0 Å². The Hall–Kier alpha value is -1.86. The monoisotopic (exact) mass is 330 g/mol. The topological polar surface area (TPSA) is 73.4 Å². The van der Waals surface area contributed by atoms with Crippen molar-refractivity contribution in [2.75, 3.05) is 7.11 Å². The van der Waals surface area contributed by atoms with Gasteiger partial charge in [0.1, 0.15) is 0 Å². The number of para-hydroxylation sites is 1. The SMILES string of the molecule is COC(=O)CC(B1OC(C)(C)C(C)(C)O1)c1[nH]nc2ccccc12. The summed E-state index contributed by atoms with van der Waals surface area (Å²) in [6.45, 7) is 7.97. The summed E-state index contributed by atoms with van der Waals surface area (Å²) in [5.74, 6) is -0.640. The van der Waals surface area contributed by atoms with E-state index in [1.54, 1.807) is 0 Å². The van der Waals surface area contributed by atoms with Gasteiger partial charge in [-0.1, -0.05) is 18.2 Å². The molecule has 24 heavy (non-hydrogen) atoms. The molecule has 128 valence electrons. The number of fused-ring (bicyclic) bond motifs is 1. The highest BCUT2D eigenvalue weighted by molar-refractivity contribution is 6.48. The molecule has 0 saturated carbocycles. The lowest BCUT2D eigenvalue weighted by molar-refractivity contribution is -0.140. The summed E-state index contributed by atoms with van der Waals surface area (Å²) >= 11 is 0. The second-order valence-electron chi connectivity index (χ2n) is 7.17. The second-order valence-corrected chi connectivity index (χ2v) is 7.17. The number of esters is 1. The summed E-state index contributed by atoms with van der Waals surface area (Å²) in [5.41, 5.74) is 0.734. The third kappa shape index (κ3) is 2.82. The Labute approximate surface area is 142 Å². The van der Waals surface area contributed by atoms with Gasteiger partial charge in [-0.2, -0.15) is 5.10 Å². The standard InChI is InChI=1S/C17H23BN2O4/c1-16(2)17(3,4)24-18(23-16)12(10-14(21)22-5)15-11-8-6-7-9-13(11)19-20-15/h6-9,12H,10H2,1-5H3,(H,19,20). The van der Waals surface area contributed by atoms with Crippen LogP contribution in [0.1, 0.15) is 45.6 Å². The van der Waals surface area contributed by atoms with Crippen molar-refractivity contribution in [1.29, 1.82) is 0 Å². The van der Waals surface area contributed by atoms with E-state index in [1.165, 1.54) is 7.11 Å². The Bertz CT molecular complexity index is 740. The highest BCUT2D eigenvalue weighted by atomic mass is 16.7. The van der Waals surface area contributed by atoms with Crippen LogP contribution in [0.25, 0.3) is 10.9 Å². The number of rotatable bonds is 4. The van der Waals surface area contributed by atoms with E-state index in [4.69, 9.17) is 14.0 Å². The zero-order valence-corrected chi connectivity index (χ0v) is 14.8. The van der Waals surface area contributed by atoms with Crippen molar-refractivity contribution in [3.63, 3.8) is 0 Å². The number of benzene rings is 1. The van der Waals surface area contributed by atoms with Crippen molar-refractivity contribution in [2.45, 2.75) is 51.1 Å². The zero-order valence-electron chi connectivity index (χ0n) is 14.8. The van der Waals surface area contributed by atoms with Crippen molar-refractivity contribution in [3.8, 4) is 0 Å². The molecule has 0 bridgehead atoms. The summed E-state index contributed by atoms with van der Waals surface area (Å²) < 4.78 is 17.2. The van der Waals surface area contributed by atoms with Crippen LogP contribution in [0.2, 0.25) is 0 Å². The van der Waals surface area contributed by atoms with Gasteiger partial charge in [-0.3, -0.25) is 9.89 Å². The summed E-state index contributed by atoms with van der Waals surface area (Å²) in [7, 11) is 0.826. The number of hydrogen-bond donors (Lipinski definition) is 1. The molecule has 1 unspecified atom stereocenters. The normalized spacial score (nSPS) is 20.3. The molecule has 3 rings (SSSR count). The van der Waals surface area contributed by atoms with E-state index >= 15 is 0 Å². The minimum Gasteiger partial charge on any atom is -0.469 e. The van der Waals surface area contributed by atoms with E-state index < -0.39 is 18.3 Å². The Morgan fingerprint density at radius 1 is 1.25 bits per heavy atom. The van der Waals surface area contributed by atoms with Gasteiger partial charge in [0.25, 0.3) is 0 Å². The molecule has 1 atom stereocenters. The van der Waals surface area contributed by atoms with Crippen LogP contribution in [-0.2, 0) is 18.8 Å². The van der Waals surface area contributed by atoms with E-state index in [9.17, 15) is 4.79 Å². The highest BCUT2D eigenvalue weighted by Crippen LogP contribution is 2.42. The van der Waals surface area contributed by atoms with Crippen LogP contribution in [0.15, 0.2) is 24.3 Å². The predicted molar refractivity (Wildman–Crippen MR) is 91.5 cm³/mol. The van der Waals surface area contributed by atoms with E-state index in [2.05, 4.69) is 10.2 Å². The number of carbonyl (C=O) groups excluding carboxylic acids is 1. The van der Waals surface area contributed by atoms with Crippen LogP contribution >= 0.6 is 0 Å². The lowest BCUT2D eigenvalue weighted by atomic mass is 9.67. The van der Waals surface area contributed by atoms with Crippen molar-refractivity contribution in [2.24, 2.45) is 0 Å². The number of nitrogens with zero attached hydrogens (tertiary/aromatic N) is 1. The maximum Gasteiger partial charge on any atom is 0.468 e. The van der Waals surface area contributed by atoms with Crippen molar-refractivity contribution < 1.29 is 18.8 Å². The quantitative estimate of drug-likeness (QED) is 0.689. The Morgan fingerprint density at radius 2 is 1.88 bits per heavy atom. The molecule has 7 heteroatoms. The largest absolute Gasteiger partial charge is 0.469 e. The summed E-state index contributed by atoms with van der Waals surface area (Å²) in [6.07, 6.45) is 0.152. The molecule has 1 fully saturated rings. The molecule has 6 nitrogen and oxygen atoms in total. The Kier molecular flexibility index (Phi) is 4.17. The molecule has 0 spiro atoms. The highest BCUT2D eigenvalue weighted by Gasteiger charge is 2.54. The summed E-state index contributed by atoms with van der Waals surface area (Å²) in [5, 5.41) is 8.35. The third-order valence-corrected chi connectivity index (χ3v) is 5.08. The first kappa shape index (κ1) is 17.0. The van der Waals surface area contributed by atoms with E-state index in [1.807, 2.05) is 52.0 Å². The minimum absolute atomic E-state index is 0.152. The molecular formula is C17H23BN2O4. The van der Waals surface area contributed by atoms with E-state index in [-0.39, 0.29) is 18.2 Å². The van der Waals surface area contributed by atoms with Crippen molar-refractivity contribution >= 4 is 24.0 Å². The molecule has 0 aliphatic carbocycles. The molecular weight excluding hydrogens is 307 g/mol. The minimum atomic E-state index is -0.557.